The number of nitrogens with zero attached hydrogens (tertiary/aromatic N) is 5. The van der Waals surface area contributed by atoms with E-state index in [-0.39, 0.29) is 11.9 Å². The zero-order valence-corrected chi connectivity index (χ0v) is 19.4. The van der Waals surface area contributed by atoms with Crippen molar-refractivity contribution in [2.75, 3.05) is 52.5 Å². The Morgan fingerprint density at radius 3 is 2.65 bits per heavy atom. The molecule has 3 aliphatic heterocycles. The Balaban J connectivity index is 1.04. The molecule has 1 atom stereocenters. The quantitative estimate of drug-likeness (QED) is 0.582. The molecule has 0 bridgehead atoms. The van der Waals surface area contributed by atoms with Crippen LogP contribution >= 0.6 is 0 Å². The van der Waals surface area contributed by atoms with Crippen LogP contribution in [0.2, 0.25) is 0 Å². The van der Waals surface area contributed by atoms with Gasteiger partial charge in [-0.25, -0.2) is 4.98 Å². The van der Waals surface area contributed by atoms with Gasteiger partial charge in [0.05, 0.1) is 18.3 Å². The van der Waals surface area contributed by atoms with E-state index in [1.165, 1.54) is 0 Å². The molecule has 3 aliphatic rings. The molecule has 0 N–H and O–H groups in total. The van der Waals surface area contributed by atoms with Crippen LogP contribution in [0.3, 0.4) is 0 Å². The summed E-state index contributed by atoms with van der Waals surface area (Å²) in [6.07, 6.45) is 6.18. The molecule has 1 aromatic carbocycles. The molecule has 2 fully saturated rings. The highest BCUT2D eigenvalue weighted by Crippen LogP contribution is 2.38. The van der Waals surface area contributed by atoms with Crippen LogP contribution in [0.4, 0.5) is 0 Å². The second-order valence-electron chi connectivity index (χ2n) is 9.40. The van der Waals surface area contributed by atoms with E-state index in [0.29, 0.717) is 19.8 Å². The summed E-state index contributed by atoms with van der Waals surface area (Å²) in [6.45, 7) is 7.04. The molecule has 0 aliphatic carbocycles. The molecule has 5 heterocycles. The van der Waals surface area contributed by atoms with Gasteiger partial charge in [0.15, 0.2) is 11.5 Å². The fraction of sp³-hybridized carbons (Fsp3) is 0.462. The Labute approximate surface area is 199 Å². The Hall–Kier alpha value is -3.10. The first-order valence-electron chi connectivity index (χ1n) is 12.3. The number of fused-ring (bicyclic) bond motifs is 2. The van der Waals surface area contributed by atoms with E-state index >= 15 is 0 Å². The van der Waals surface area contributed by atoms with Crippen LogP contribution in [0.25, 0.3) is 5.65 Å². The maximum atomic E-state index is 13.3. The maximum absolute atomic E-state index is 13.3. The highest BCUT2D eigenvalue weighted by molar-refractivity contribution is 5.79. The van der Waals surface area contributed by atoms with E-state index < -0.39 is 0 Å². The smallest absolute Gasteiger partial charge is 0.237 e. The third kappa shape index (κ3) is 4.35. The summed E-state index contributed by atoms with van der Waals surface area (Å²) in [6, 6.07) is 12.3. The summed E-state index contributed by atoms with van der Waals surface area (Å²) < 4.78 is 13.5. The number of hydrogen-bond donors (Lipinski definition) is 0. The first-order chi connectivity index (χ1) is 16.7. The van der Waals surface area contributed by atoms with Gasteiger partial charge >= 0.3 is 0 Å². The van der Waals surface area contributed by atoms with Gasteiger partial charge in [-0.2, -0.15) is 0 Å². The number of carbonyl (C=O) groups excluding carboxylic acids is 1. The van der Waals surface area contributed by atoms with Crippen LogP contribution < -0.4 is 9.47 Å². The maximum Gasteiger partial charge on any atom is 0.237 e. The number of benzene rings is 1. The van der Waals surface area contributed by atoms with Gasteiger partial charge < -0.3 is 18.8 Å². The van der Waals surface area contributed by atoms with Gasteiger partial charge in [0, 0.05) is 51.7 Å². The molecular weight excluding hydrogens is 430 g/mol. The highest BCUT2D eigenvalue weighted by atomic mass is 16.6. The Kier molecular flexibility index (Phi) is 5.84. The third-order valence-electron chi connectivity index (χ3n) is 7.15. The molecule has 178 valence electrons. The zero-order valence-electron chi connectivity index (χ0n) is 19.4. The lowest BCUT2D eigenvalue weighted by Gasteiger charge is -2.35. The SMILES string of the molecule is O=C(CN1CCN(Cc2cn3ccccc3n2)CC1)N1CCCC1c1ccc2c(c1)OCCO2. The van der Waals surface area contributed by atoms with Gasteiger partial charge in [0.2, 0.25) is 5.91 Å². The predicted molar refractivity (Wildman–Crippen MR) is 128 cm³/mol. The van der Waals surface area contributed by atoms with Crippen molar-refractivity contribution >= 4 is 11.6 Å². The van der Waals surface area contributed by atoms with E-state index in [1.54, 1.807) is 0 Å². The molecule has 8 nitrogen and oxygen atoms in total. The number of rotatable bonds is 5. The third-order valence-corrected chi connectivity index (χ3v) is 7.15. The van der Waals surface area contributed by atoms with E-state index in [1.807, 2.05) is 30.5 Å². The minimum Gasteiger partial charge on any atom is -0.486 e. The molecule has 2 aromatic heterocycles. The van der Waals surface area contributed by atoms with Crippen molar-refractivity contribution in [1.82, 2.24) is 24.1 Å². The molecule has 3 aromatic rings. The molecule has 6 rings (SSSR count). The van der Waals surface area contributed by atoms with E-state index in [0.717, 1.165) is 80.5 Å². The van der Waals surface area contributed by atoms with Crippen LogP contribution in [0.5, 0.6) is 11.5 Å². The lowest BCUT2D eigenvalue weighted by Crippen LogP contribution is -2.49. The number of likely N-dealkylation sites (tertiary alicyclic amines) is 1. The Morgan fingerprint density at radius 1 is 0.971 bits per heavy atom. The van der Waals surface area contributed by atoms with Gasteiger partial charge in [-0.15, -0.1) is 0 Å². The van der Waals surface area contributed by atoms with Crippen molar-refractivity contribution in [1.29, 1.82) is 0 Å². The summed E-state index contributed by atoms with van der Waals surface area (Å²) in [4.78, 5) is 24.8. The van der Waals surface area contributed by atoms with E-state index in [2.05, 4.69) is 37.4 Å². The number of ether oxygens (including phenoxy) is 2. The van der Waals surface area contributed by atoms with Crippen molar-refractivity contribution < 1.29 is 14.3 Å². The lowest BCUT2D eigenvalue weighted by molar-refractivity contribution is -0.133. The molecule has 8 heteroatoms. The predicted octanol–water partition coefficient (Wildman–Crippen LogP) is 2.59. The van der Waals surface area contributed by atoms with Gasteiger partial charge in [0.25, 0.3) is 0 Å². The van der Waals surface area contributed by atoms with Crippen LogP contribution in [0.1, 0.15) is 30.1 Å². The Bertz CT molecular complexity index is 1140. The summed E-state index contributed by atoms with van der Waals surface area (Å²) >= 11 is 0. The second-order valence-corrected chi connectivity index (χ2v) is 9.40. The van der Waals surface area contributed by atoms with Crippen molar-refractivity contribution in [3.63, 3.8) is 0 Å². The largest absolute Gasteiger partial charge is 0.486 e. The van der Waals surface area contributed by atoms with Crippen molar-refractivity contribution in [3.05, 3.63) is 60.0 Å². The molecule has 34 heavy (non-hydrogen) atoms. The van der Waals surface area contributed by atoms with Crippen molar-refractivity contribution in [2.45, 2.75) is 25.4 Å². The minimum absolute atomic E-state index is 0.125. The first-order valence-corrected chi connectivity index (χ1v) is 12.3. The normalized spacial score (nSPS) is 21.3. The summed E-state index contributed by atoms with van der Waals surface area (Å²) in [5.74, 6) is 1.82. The minimum atomic E-state index is 0.125. The average Bonchev–Trinajstić information content (AvgIpc) is 3.52. The number of imidazole rings is 1. The molecule has 1 amide bonds. The molecule has 0 radical (unpaired) electrons. The van der Waals surface area contributed by atoms with Crippen molar-refractivity contribution in [2.24, 2.45) is 0 Å². The van der Waals surface area contributed by atoms with Crippen molar-refractivity contribution in [3.8, 4) is 11.5 Å². The molecule has 0 spiro atoms. The topological polar surface area (TPSA) is 62.6 Å². The van der Waals surface area contributed by atoms with E-state index in [4.69, 9.17) is 14.5 Å². The van der Waals surface area contributed by atoms with Crippen LogP contribution in [-0.4, -0.2) is 82.5 Å². The number of carbonyl (C=O) groups is 1. The monoisotopic (exact) mass is 461 g/mol. The standard InChI is InChI=1S/C26H31N5O3/c32-26(31-9-3-4-22(31)20-6-7-23-24(16-20)34-15-14-33-23)19-29-12-10-28(11-13-29)17-21-18-30-8-2-1-5-25(30)27-21/h1-2,5-8,16,18,22H,3-4,9-15,17,19H2. The molecule has 2 saturated heterocycles. The van der Waals surface area contributed by atoms with E-state index in [9.17, 15) is 4.79 Å². The summed E-state index contributed by atoms with van der Waals surface area (Å²) in [7, 11) is 0. The lowest BCUT2D eigenvalue weighted by atomic mass is 10.0. The van der Waals surface area contributed by atoms with Gasteiger partial charge in [-0.3, -0.25) is 14.6 Å². The number of piperazine rings is 1. The van der Waals surface area contributed by atoms with Crippen LogP contribution in [0.15, 0.2) is 48.8 Å². The fourth-order valence-corrected chi connectivity index (χ4v) is 5.36. The number of hydrogen-bond acceptors (Lipinski definition) is 6. The molecule has 0 saturated carbocycles. The van der Waals surface area contributed by atoms with Crippen LogP contribution in [-0.2, 0) is 11.3 Å². The fourth-order valence-electron chi connectivity index (χ4n) is 5.36. The second kappa shape index (κ2) is 9.27. The summed E-state index contributed by atoms with van der Waals surface area (Å²) in [5, 5.41) is 0. The molecule has 1 unspecified atom stereocenters. The molecular formula is C26H31N5O3. The zero-order chi connectivity index (χ0) is 22.9. The average molecular weight is 462 g/mol. The first kappa shape index (κ1) is 21.4. The summed E-state index contributed by atoms with van der Waals surface area (Å²) in [5.41, 5.74) is 3.22. The van der Waals surface area contributed by atoms with Gasteiger partial charge in [-0.1, -0.05) is 12.1 Å². The van der Waals surface area contributed by atoms with Crippen LogP contribution in [0, 0.1) is 0 Å². The Morgan fingerprint density at radius 2 is 1.79 bits per heavy atom. The number of pyridine rings is 1. The highest BCUT2D eigenvalue weighted by Gasteiger charge is 2.32. The van der Waals surface area contributed by atoms with Gasteiger partial charge in [0.1, 0.15) is 18.9 Å². The van der Waals surface area contributed by atoms with Gasteiger partial charge in [-0.05, 0) is 42.7 Å². The number of amides is 1. The number of aromatic nitrogens is 2.